The minimum Gasteiger partial charge on any atom is -0.475 e. The second-order valence-corrected chi connectivity index (χ2v) is 10.5. The maximum Gasteiger partial charge on any atom is 0.490 e. The number of halogens is 3. The predicted molar refractivity (Wildman–Crippen MR) is 103 cm³/mol. The van der Waals surface area contributed by atoms with E-state index in [1.54, 1.807) is 4.31 Å². The number of carbonyl (C=O) groups is 1. The number of carboxylic acids is 1. The minimum absolute atomic E-state index is 0.0674. The first-order valence-electron chi connectivity index (χ1n) is 9.92. The van der Waals surface area contributed by atoms with Crippen LogP contribution in [0.15, 0.2) is 24.5 Å². The molecule has 0 atom stereocenters. The van der Waals surface area contributed by atoms with Crippen molar-refractivity contribution in [3.63, 3.8) is 0 Å². The molecule has 0 unspecified atom stereocenters. The van der Waals surface area contributed by atoms with E-state index in [-0.39, 0.29) is 5.25 Å². The average Bonchev–Trinajstić information content (AvgIpc) is 3.48. The van der Waals surface area contributed by atoms with Crippen LogP contribution >= 0.6 is 0 Å². The molecule has 2 aliphatic heterocycles. The molecule has 3 heterocycles. The summed E-state index contributed by atoms with van der Waals surface area (Å²) in [6.07, 6.45) is 3.63. The Morgan fingerprint density at radius 2 is 1.80 bits per heavy atom. The van der Waals surface area contributed by atoms with Crippen molar-refractivity contribution in [3.05, 3.63) is 30.1 Å². The highest BCUT2D eigenvalue weighted by atomic mass is 32.2. The number of hydrogen-bond donors (Lipinski definition) is 1. The first kappa shape index (κ1) is 23.0. The summed E-state index contributed by atoms with van der Waals surface area (Å²) in [7, 11) is -2.99. The predicted octanol–water partition coefficient (Wildman–Crippen LogP) is 2.50. The van der Waals surface area contributed by atoms with E-state index in [1.165, 1.54) is 12.0 Å². The van der Waals surface area contributed by atoms with Crippen LogP contribution in [0.4, 0.5) is 13.2 Å². The molecule has 0 bridgehead atoms. The third-order valence-corrected chi connectivity index (χ3v) is 8.38. The summed E-state index contributed by atoms with van der Waals surface area (Å²) in [5, 5.41) is 7.06. The van der Waals surface area contributed by atoms with Crippen molar-refractivity contribution in [3.8, 4) is 0 Å². The van der Waals surface area contributed by atoms with Crippen molar-refractivity contribution in [2.75, 3.05) is 26.2 Å². The number of rotatable bonds is 4. The average molecular weight is 449 g/mol. The fourth-order valence-corrected chi connectivity index (χ4v) is 5.96. The van der Waals surface area contributed by atoms with Gasteiger partial charge in [0.25, 0.3) is 0 Å². The maximum absolute atomic E-state index is 12.4. The maximum atomic E-state index is 12.4. The largest absolute Gasteiger partial charge is 0.490 e. The van der Waals surface area contributed by atoms with Crippen molar-refractivity contribution in [2.24, 2.45) is 5.41 Å². The van der Waals surface area contributed by atoms with Crippen LogP contribution in [0, 0.1) is 5.41 Å². The number of piperidine rings is 1. The van der Waals surface area contributed by atoms with Crippen LogP contribution in [0.25, 0.3) is 0 Å². The molecule has 168 valence electrons. The van der Waals surface area contributed by atoms with E-state index < -0.39 is 22.2 Å². The number of likely N-dealkylation sites (tertiary alicyclic amines) is 1. The Labute approximate surface area is 173 Å². The van der Waals surface area contributed by atoms with Gasteiger partial charge in [-0.15, -0.1) is 0 Å². The molecule has 30 heavy (non-hydrogen) atoms. The molecule has 0 amide bonds. The van der Waals surface area contributed by atoms with E-state index in [4.69, 9.17) is 9.90 Å². The lowest BCUT2D eigenvalue weighted by Gasteiger charge is -2.38. The molecule has 7 nitrogen and oxygen atoms in total. The van der Waals surface area contributed by atoms with Crippen molar-refractivity contribution < 1.29 is 31.5 Å². The van der Waals surface area contributed by atoms with Gasteiger partial charge in [-0.3, -0.25) is 9.88 Å². The molecule has 0 radical (unpaired) electrons. The van der Waals surface area contributed by atoms with Gasteiger partial charge in [0, 0.05) is 38.6 Å². The monoisotopic (exact) mass is 449 g/mol. The molecular formula is C19H26F3N3O4S. The van der Waals surface area contributed by atoms with Gasteiger partial charge in [0.1, 0.15) is 0 Å². The normalized spacial score (nSPS) is 22.5. The van der Waals surface area contributed by atoms with Gasteiger partial charge in [-0.2, -0.15) is 13.2 Å². The highest BCUT2D eigenvalue weighted by molar-refractivity contribution is 7.90. The molecule has 1 spiro atoms. The number of alkyl halides is 3. The van der Waals surface area contributed by atoms with Crippen molar-refractivity contribution in [1.29, 1.82) is 0 Å². The summed E-state index contributed by atoms with van der Waals surface area (Å²) in [5.41, 5.74) is 1.59. The van der Waals surface area contributed by atoms with E-state index in [2.05, 4.69) is 16.0 Å². The molecule has 1 N–H and O–H groups in total. The van der Waals surface area contributed by atoms with E-state index in [1.807, 2.05) is 18.5 Å². The number of aliphatic carboxylic acids is 1. The molecule has 1 aromatic heterocycles. The number of hydrogen-bond acceptors (Lipinski definition) is 5. The van der Waals surface area contributed by atoms with E-state index in [9.17, 15) is 21.6 Å². The zero-order valence-electron chi connectivity index (χ0n) is 16.5. The van der Waals surface area contributed by atoms with Crippen LogP contribution in [0.2, 0.25) is 0 Å². The van der Waals surface area contributed by atoms with Crippen molar-refractivity contribution in [1.82, 2.24) is 14.2 Å². The third kappa shape index (κ3) is 5.70. The van der Waals surface area contributed by atoms with Crippen LogP contribution < -0.4 is 0 Å². The molecule has 1 aliphatic carbocycles. The first-order chi connectivity index (χ1) is 14.0. The van der Waals surface area contributed by atoms with Gasteiger partial charge in [0.2, 0.25) is 10.0 Å². The molecule has 0 aromatic carbocycles. The Balaban J connectivity index is 0.000000318. The second-order valence-electron chi connectivity index (χ2n) is 8.27. The highest BCUT2D eigenvalue weighted by Crippen LogP contribution is 2.42. The third-order valence-electron chi connectivity index (χ3n) is 5.98. The van der Waals surface area contributed by atoms with Gasteiger partial charge >= 0.3 is 12.1 Å². The number of aromatic nitrogens is 1. The second kappa shape index (κ2) is 8.80. The van der Waals surface area contributed by atoms with Crippen molar-refractivity contribution in [2.45, 2.75) is 50.1 Å². The summed E-state index contributed by atoms with van der Waals surface area (Å²) >= 11 is 0. The van der Waals surface area contributed by atoms with Gasteiger partial charge in [-0.1, -0.05) is 6.07 Å². The van der Waals surface area contributed by atoms with Crippen LogP contribution in [0.5, 0.6) is 0 Å². The Hall–Kier alpha value is -1.72. The molecule has 4 rings (SSSR count). The van der Waals surface area contributed by atoms with E-state index in [0.717, 1.165) is 58.4 Å². The zero-order valence-corrected chi connectivity index (χ0v) is 17.3. The SMILES string of the molecule is O=C(O)C(F)(F)F.O=S(=O)(C1CC1)N1CCC2(CCN(Cc3cccnc3)C2)CC1. The van der Waals surface area contributed by atoms with Gasteiger partial charge < -0.3 is 5.11 Å². The summed E-state index contributed by atoms with van der Waals surface area (Å²) in [5.74, 6) is -2.76. The highest BCUT2D eigenvalue weighted by Gasteiger charge is 2.46. The first-order valence-corrected chi connectivity index (χ1v) is 11.4. The molecule has 3 aliphatic rings. The van der Waals surface area contributed by atoms with Crippen LogP contribution in [0.3, 0.4) is 0 Å². The number of carboxylic acid groups (broad SMARTS) is 1. The molecule has 11 heteroatoms. The fraction of sp³-hybridized carbons (Fsp3) is 0.684. The molecule has 1 aromatic rings. The Bertz CT molecular complexity index is 836. The summed E-state index contributed by atoms with van der Waals surface area (Å²) < 4.78 is 58.2. The Kier molecular flexibility index (Phi) is 6.73. The van der Waals surface area contributed by atoms with Gasteiger partial charge in [-0.05, 0) is 55.7 Å². The summed E-state index contributed by atoms with van der Waals surface area (Å²) in [6.45, 7) is 4.61. The number of sulfonamides is 1. The fourth-order valence-electron chi connectivity index (χ4n) is 4.11. The topological polar surface area (TPSA) is 90.8 Å². The summed E-state index contributed by atoms with van der Waals surface area (Å²) in [6, 6.07) is 4.12. The van der Waals surface area contributed by atoms with Gasteiger partial charge in [-0.25, -0.2) is 17.5 Å². The van der Waals surface area contributed by atoms with E-state index in [0.29, 0.717) is 5.41 Å². The Morgan fingerprint density at radius 3 is 2.30 bits per heavy atom. The van der Waals surface area contributed by atoms with Gasteiger partial charge in [0.05, 0.1) is 5.25 Å². The van der Waals surface area contributed by atoms with Crippen LogP contribution in [0.1, 0.15) is 37.7 Å². The van der Waals surface area contributed by atoms with Gasteiger partial charge in [0.15, 0.2) is 0 Å². The molecule has 1 saturated carbocycles. The van der Waals surface area contributed by atoms with Crippen molar-refractivity contribution >= 4 is 16.0 Å². The quantitative estimate of drug-likeness (QED) is 0.760. The van der Waals surface area contributed by atoms with Crippen LogP contribution in [-0.4, -0.2) is 71.3 Å². The van der Waals surface area contributed by atoms with Crippen LogP contribution in [-0.2, 0) is 21.4 Å². The van der Waals surface area contributed by atoms with E-state index >= 15 is 0 Å². The number of nitrogens with zero attached hydrogens (tertiary/aromatic N) is 3. The lowest BCUT2D eigenvalue weighted by atomic mass is 9.78. The lowest BCUT2D eigenvalue weighted by molar-refractivity contribution is -0.192. The molecule has 3 fully saturated rings. The smallest absolute Gasteiger partial charge is 0.475 e. The lowest BCUT2D eigenvalue weighted by Crippen LogP contribution is -2.45. The minimum atomic E-state index is -5.08. The Morgan fingerprint density at radius 1 is 1.20 bits per heavy atom. The molecular weight excluding hydrogens is 423 g/mol. The zero-order chi connectivity index (χ0) is 22.0. The standard InChI is InChI=1S/C17H25N3O2S.C2HF3O2/c21-23(22,16-3-4-16)20-10-6-17(7-11-20)5-9-19(14-17)13-15-2-1-8-18-12-15;3-2(4,5)1(6)7/h1-2,8,12,16H,3-7,9-11,13-14H2;(H,6,7). The summed E-state index contributed by atoms with van der Waals surface area (Å²) in [4.78, 5) is 15.6. The molecule has 2 saturated heterocycles. The number of pyridine rings is 1.